The zero-order valence-corrected chi connectivity index (χ0v) is 13.2. The molecule has 2 aromatic rings. The number of methoxy groups -OCH3 is 1. The van der Waals surface area contributed by atoms with Crippen LogP contribution >= 0.6 is 0 Å². The van der Waals surface area contributed by atoms with Crippen molar-refractivity contribution >= 4 is 11.9 Å². The molecule has 4 N–H and O–H groups in total. The number of nitrogens with one attached hydrogen (secondary N) is 2. The maximum atomic E-state index is 11.7. The van der Waals surface area contributed by atoms with E-state index in [0.29, 0.717) is 30.3 Å². The lowest BCUT2D eigenvalue weighted by atomic mass is 10.2. The van der Waals surface area contributed by atoms with Gasteiger partial charge in [-0.3, -0.25) is 4.79 Å². The molecule has 1 heterocycles. The van der Waals surface area contributed by atoms with E-state index >= 15 is 0 Å². The van der Waals surface area contributed by atoms with Gasteiger partial charge >= 0.3 is 6.03 Å². The molecule has 24 heavy (non-hydrogen) atoms. The lowest BCUT2D eigenvalue weighted by molar-refractivity contribution is -0.119. The fourth-order valence-corrected chi connectivity index (χ4v) is 1.92. The van der Waals surface area contributed by atoms with E-state index in [4.69, 9.17) is 19.6 Å². The van der Waals surface area contributed by atoms with E-state index in [9.17, 15) is 9.59 Å². The molecule has 1 aromatic heterocycles. The zero-order valence-electron chi connectivity index (χ0n) is 13.2. The first-order chi connectivity index (χ1) is 11.6. The molecule has 0 bridgehead atoms. The van der Waals surface area contributed by atoms with Gasteiger partial charge in [0.1, 0.15) is 5.76 Å². The Hall–Kier alpha value is -3.16. The zero-order chi connectivity index (χ0) is 17.4. The van der Waals surface area contributed by atoms with Gasteiger partial charge in [-0.05, 0) is 29.8 Å². The summed E-state index contributed by atoms with van der Waals surface area (Å²) in [6, 6.07) is 8.33. The maximum absolute atomic E-state index is 11.7. The maximum Gasteiger partial charge on any atom is 0.315 e. The van der Waals surface area contributed by atoms with Gasteiger partial charge in [0.2, 0.25) is 0 Å². The number of amides is 3. The molecule has 1 aromatic carbocycles. The normalized spacial score (nSPS) is 10.0. The van der Waals surface area contributed by atoms with Crippen LogP contribution in [-0.2, 0) is 17.9 Å². The summed E-state index contributed by atoms with van der Waals surface area (Å²) in [5, 5.41) is 5.40. The van der Waals surface area contributed by atoms with Crippen LogP contribution in [0.25, 0.3) is 0 Å². The summed E-state index contributed by atoms with van der Waals surface area (Å²) in [5.74, 6) is 0.952. The standard InChI is InChI=1S/C16H19N3O5/c1-22-14-7-11(4-5-13(14)24-10-15(17)20)8-18-16(21)19-9-12-3-2-6-23-12/h2-7H,8-10H2,1H3,(H2,17,20)(H2,18,19,21). The number of furan rings is 1. The lowest BCUT2D eigenvalue weighted by Crippen LogP contribution is -2.34. The molecule has 0 unspecified atom stereocenters. The average Bonchev–Trinajstić information content (AvgIpc) is 3.10. The van der Waals surface area contributed by atoms with Crippen molar-refractivity contribution in [2.45, 2.75) is 13.1 Å². The minimum atomic E-state index is -0.573. The van der Waals surface area contributed by atoms with Crippen molar-refractivity contribution in [3.8, 4) is 11.5 Å². The van der Waals surface area contributed by atoms with Crippen LogP contribution in [0.2, 0.25) is 0 Å². The number of hydrogen-bond donors (Lipinski definition) is 3. The SMILES string of the molecule is COc1cc(CNC(=O)NCc2ccco2)ccc1OCC(N)=O. The Morgan fingerprint density at radius 3 is 2.62 bits per heavy atom. The Bertz CT molecular complexity index is 685. The van der Waals surface area contributed by atoms with Crippen LogP contribution < -0.4 is 25.8 Å². The number of carbonyl (C=O) groups excluding carboxylic acids is 2. The summed E-state index contributed by atoms with van der Waals surface area (Å²) < 4.78 is 15.6. The van der Waals surface area contributed by atoms with Crippen LogP contribution in [0.15, 0.2) is 41.0 Å². The predicted octanol–water partition coefficient (Wildman–Crippen LogP) is 1.15. The quantitative estimate of drug-likeness (QED) is 0.670. The molecule has 3 amide bonds. The summed E-state index contributed by atoms with van der Waals surface area (Å²) in [5.41, 5.74) is 5.85. The first kappa shape index (κ1) is 17.2. The summed E-state index contributed by atoms with van der Waals surface area (Å²) in [6.45, 7) is 0.377. The van der Waals surface area contributed by atoms with Crippen molar-refractivity contribution in [1.29, 1.82) is 0 Å². The second-order valence-electron chi connectivity index (χ2n) is 4.86. The first-order valence-electron chi connectivity index (χ1n) is 7.20. The molecular weight excluding hydrogens is 314 g/mol. The first-order valence-corrected chi connectivity index (χ1v) is 7.20. The smallest absolute Gasteiger partial charge is 0.315 e. The predicted molar refractivity (Wildman–Crippen MR) is 85.5 cm³/mol. The topological polar surface area (TPSA) is 116 Å². The fraction of sp³-hybridized carbons (Fsp3) is 0.250. The Kier molecular flexibility index (Phi) is 6.07. The van der Waals surface area contributed by atoms with Gasteiger partial charge < -0.3 is 30.3 Å². The summed E-state index contributed by atoms with van der Waals surface area (Å²) in [6.07, 6.45) is 1.54. The molecule has 128 valence electrons. The minimum absolute atomic E-state index is 0.233. The third kappa shape index (κ3) is 5.24. The third-order valence-corrected chi connectivity index (χ3v) is 3.05. The summed E-state index contributed by atoms with van der Waals surface area (Å²) in [4.78, 5) is 22.5. The molecule has 0 aliphatic carbocycles. The van der Waals surface area contributed by atoms with Gasteiger partial charge in [-0.25, -0.2) is 4.79 Å². The van der Waals surface area contributed by atoms with E-state index < -0.39 is 5.91 Å². The number of rotatable bonds is 8. The van der Waals surface area contributed by atoms with Gasteiger partial charge in [0.15, 0.2) is 18.1 Å². The second-order valence-corrected chi connectivity index (χ2v) is 4.86. The van der Waals surface area contributed by atoms with Crippen LogP contribution in [0.4, 0.5) is 4.79 Å². The molecule has 0 atom stereocenters. The molecule has 8 heteroatoms. The van der Waals surface area contributed by atoms with Crippen molar-refractivity contribution in [2.24, 2.45) is 5.73 Å². The molecule has 0 saturated heterocycles. The highest BCUT2D eigenvalue weighted by Crippen LogP contribution is 2.27. The van der Waals surface area contributed by atoms with E-state index in [0.717, 1.165) is 5.56 Å². The number of urea groups is 1. The number of carbonyl (C=O) groups is 2. The number of ether oxygens (including phenoxy) is 2. The van der Waals surface area contributed by atoms with E-state index in [1.54, 1.807) is 36.6 Å². The third-order valence-electron chi connectivity index (χ3n) is 3.05. The van der Waals surface area contributed by atoms with Gasteiger partial charge in [0.25, 0.3) is 5.91 Å². The number of hydrogen-bond acceptors (Lipinski definition) is 5. The lowest BCUT2D eigenvalue weighted by Gasteiger charge is -2.12. The van der Waals surface area contributed by atoms with Crippen LogP contribution in [0, 0.1) is 0 Å². The average molecular weight is 333 g/mol. The Balaban J connectivity index is 1.85. The van der Waals surface area contributed by atoms with Gasteiger partial charge in [-0.1, -0.05) is 6.07 Å². The minimum Gasteiger partial charge on any atom is -0.493 e. The van der Waals surface area contributed by atoms with Crippen LogP contribution in [0.1, 0.15) is 11.3 Å². The van der Waals surface area contributed by atoms with Gasteiger partial charge in [0.05, 0.1) is 19.9 Å². The van der Waals surface area contributed by atoms with Crippen molar-refractivity contribution < 1.29 is 23.5 Å². The largest absolute Gasteiger partial charge is 0.493 e. The molecule has 0 fully saturated rings. The highest BCUT2D eigenvalue weighted by molar-refractivity contribution is 5.75. The molecule has 0 spiro atoms. The number of nitrogens with two attached hydrogens (primary N) is 1. The summed E-state index contributed by atoms with van der Waals surface area (Å²) >= 11 is 0. The van der Waals surface area contributed by atoms with Crippen molar-refractivity contribution in [2.75, 3.05) is 13.7 Å². The van der Waals surface area contributed by atoms with Crippen LogP contribution in [0.3, 0.4) is 0 Å². The van der Waals surface area contributed by atoms with E-state index in [1.165, 1.54) is 7.11 Å². The molecular formula is C16H19N3O5. The molecule has 8 nitrogen and oxygen atoms in total. The van der Waals surface area contributed by atoms with E-state index in [2.05, 4.69) is 10.6 Å². The molecule has 2 rings (SSSR count). The molecule has 0 aliphatic heterocycles. The molecule has 0 radical (unpaired) electrons. The van der Waals surface area contributed by atoms with Crippen molar-refractivity contribution in [1.82, 2.24) is 10.6 Å². The monoisotopic (exact) mass is 333 g/mol. The highest BCUT2D eigenvalue weighted by Gasteiger charge is 2.08. The summed E-state index contributed by atoms with van der Waals surface area (Å²) in [7, 11) is 1.49. The Morgan fingerprint density at radius 1 is 1.17 bits per heavy atom. The fourth-order valence-electron chi connectivity index (χ4n) is 1.92. The number of benzene rings is 1. The van der Waals surface area contributed by atoms with Crippen molar-refractivity contribution in [3.05, 3.63) is 47.9 Å². The van der Waals surface area contributed by atoms with E-state index in [-0.39, 0.29) is 12.6 Å². The Morgan fingerprint density at radius 2 is 1.96 bits per heavy atom. The van der Waals surface area contributed by atoms with Crippen molar-refractivity contribution in [3.63, 3.8) is 0 Å². The highest BCUT2D eigenvalue weighted by atomic mass is 16.5. The van der Waals surface area contributed by atoms with Crippen LogP contribution in [0.5, 0.6) is 11.5 Å². The molecule has 0 aliphatic rings. The van der Waals surface area contributed by atoms with Gasteiger partial charge in [0, 0.05) is 6.54 Å². The number of primary amides is 1. The van der Waals surface area contributed by atoms with Gasteiger partial charge in [-0.15, -0.1) is 0 Å². The van der Waals surface area contributed by atoms with Gasteiger partial charge in [-0.2, -0.15) is 0 Å². The van der Waals surface area contributed by atoms with Crippen LogP contribution in [-0.4, -0.2) is 25.7 Å². The second kappa shape index (κ2) is 8.47. The Labute approximate surface area is 138 Å². The molecule has 0 saturated carbocycles. The van der Waals surface area contributed by atoms with E-state index in [1.807, 2.05) is 0 Å².